The van der Waals surface area contributed by atoms with Crippen LogP contribution in [-0.4, -0.2) is 188 Å². The van der Waals surface area contributed by atoms with Crippen LogP contribution in [0.3, 0.4) is 0 Å². The minimum atomic E-state index is -1.04. The topological polar surface area (TPSA) is 322 Å². The Bertz CT molecular complexity index is 2370. The molecule has 0 saturated carbocycles. The highest BCUT2D eigenvalue weighted by Crippen LogP contribution is 2.27. The van der Waals surface area contributed by atoms with Crippen molar-refractivity contribution in [2.45, 2.75) is 83.0 Å². The minimum absolute atomic E-state index is 0. The van der Waals surface area contributed by atoms with E-state index in [1.807, 2.05) is 14.7 Å². The predicted molar refractivity (Wildman–Crippen MR) is 277 cm³/mol. The van der Waals surface area contributed by atoms with Crippen LogP contribution in [0.1, 0.15) is 93.5 Å². The maximum Gasteiger partial charge on any atom is 0.303 e. The van der Waals surface area contributed by atoms with Crippen LogP contribution in [0, 0.1) is 18.3 Å². The lowest BCUT2D eigenvalue weighted by Crippen LogP contribution is -2.52. The predicted octanol–water partition coefficient (Wildman–Crippen LogP) is 1.34. The maximum absolute atomic E-state index is 14.3. The van der Waals surface area contributed by atoms with Crippen LogP contribution in [0.4, 0.5) is 17.8 Å². The van der Waals surface area contributed by atoms with Gasteiger partial charge >= 0.3 is 5.97 Å². The van der Waals surface area contributed by atoms with E-state index in [4.69, 9.17) is 52.8 Å². The van der Waals surface area contributed by atoms with E-state index >= 15 is 0 Å². The number of phenols is 1. The van der Waals surface area contributed by atoms with Crippen molar-refractivity contribution in [1.29, 1.82) is 0 Å². The monoisotopic (exact) mass is 1050 g/mol. The Balaban J connectivity index is 0.0000101. The number of nitrogens with two attached hydrogens (primary N) is 3. The highest BCUT2D eigenvalue weighted by Gasteiger charge is 2.34. The summed E-state index contributed by atoms with van der Waals surface area (Å²) in [6.07, 6.45) is 11.7. The number of hydrogen-bond donors (Lipinski definition) is 6. The van der Waals surface area contributed by atoms with Crippen LogP contribution >= 0.6 is 12.4 Å². The molecule has 0 radical (unpaired) electrons. The maximum atomic E-state index is 14.3. The molecule has 26 heteroatoms. The van der Waals surface area contributed by atoms with Crippen molar-refractivity contribution in [3.8, 4) is 18.1 Å². The molecule has 2 aliphatic heterocycles. The summed E-state index contributed by atoms with van der Waals surface area (Å²) < 4.78 is 19.6. The number of hydrogen-bond acceptors (Lipinski definition) is 20. The number of rotatable bonds is 30. The van der Waals surface area contributed by atoms with Gasteiger partial charge in [-0.15, -0.1) is 29.0 Å². The van der Waals surface area contributed by atoms with E-state index in [0.717, 1.165) is 24.8 Å². The van der Waals surface area contributed by atoms with E-state index in [9.17, 15) is 24.6 Å². The average molecular weight is 1050 g/mol. The van der Waals surface area contributed by atoms with Crippen molar-refractivity contribution < 1.29 is 38.8 Å². The number of anilines is 3. The van der Waals surface area contributed by atoms with Gasteiger partial charge in [0.05, 0.1) is 68.9 Å². The molecule has 2 unspecified atom stereocenters. The number of nitrogens with zero attached hydrogens (tertiary/aromatic N) is 13. The molecule has 2 saturated heterocycles. The fraction of sp³-hybridized carbons (Fsp3) is 0.625. The zero-order chi connectivity index (χ0) is 52.1. The minimum Gasteiger partial charge on any atom is -0.508 e. The van der Waals surface area contributed by atoms with Gasteiger partial charge in [0.2, 0.25) is 29.7 Å². The smallest absolute Gasteiger partial charge is 0.303 e. The van der Waals surface area contributed by atoms with Crippen molar-refractivity contribution in [1.82, 2.24) is 54.7 Å². The highest BCUT2D eigenvalue weighted by molar-refractivity contribution is 5.85. The first-order valence-corrected chi connectivity index (χ1v) is 25.2. The third-order valence-corrected chi connectivity index (χ3v) is 13.0. The summed E-state index contributed by atoms with van der Waals surface area (Å²) in [6.45, 7) is 10.3. The number of carboxylic acids is 1. The Morgan fingerprint density at radius 2 is 1.31 bits per heavy atom. The number of aliphatic carboxylic acids is 1. The molecule has 6 rings (SSSR count). The van der Waals surface area contributed by atoms with Gasteiger partial charge in [0, 0.05) is 65.3 Å². The Morgan fingerprint density at radius 1 is 0.770 bits per heavy atom. The van der Waals surface area contributed by atoms with Crippen LogP contribution in [0.2, 0.25) is 0 Å². The lowest BCUT2D eigenvalue weighted by molar-refractivity contribution is -0.139. The van der Waals surface area contributed by atoms with E-state index in [0.29, 0.717) is 141 Å². The molecule has 1 aromatic carbocycles. The van der Waals surface area contributed by atoms with Gasteiger partial charge in [-0.2, -0.15) is 15.0 Å². The van der Waals surface area contributed by atoms with E-state index in [1.54, 1.807) is 46.2 Å². The molecule has 5 atom stereocenters. The van der Waals surface area contributed by atoms with Crippen molar-refractivity contribution in [3.63, 3.8) is 0 Å². The molecule has 0 spiro atoms. The van der Waals surface area contributed by atoms with Crippen LogP contribution < -0.4 is 32.3 Å². The van der Waals surface area contributed by atoms with E-state index in [1.165, 1.54) is 4.68 Å². The first-order chi connectivity index (χ1) is 35.4. The number of unbranched alkanes of at least 4 members (excludes halogenated alkanes) is 1. The molecule has 0 aliphatic carbocycles. The molecular formula is C48H74ClN17O8. The lowest BCUT2D eigenvalue weighted by Gasteiger charge is -2.38. The van der Waals surface area contributed by atoms with Crippen molar-refractivity contribution in [2.75, 3.05) is 120 Å². The number of carbonyl (C=O) groups is 3. The van der Waals surface area contributed by atoms with Crippen LogP contribution in [-0.2, 0) is 35.0 Å². The first-order valence-electron chi connectivity index (χ1n) is 25.2. The fourth-order valence-electron chi connectivity index (χ4n) is 8.42. The van der Waals surface area contributed by atoms with Crippen molar-refractivity contribution in [2.24, 2.45) is 23.1 Å². The number of benzene rings is 1. The average Bonchev–Trinajstić information content (AvgIpc) is 4.11. The SMILES string of the molecule is C#CCOCCOCCOCCNc1nc(N2CCN(C(=O)[C@H](CCC(=O)O)n3cc(C(N)Cc4ccc(O)cc4)nn3)CC2)nc(N2CCN(C(=O)[C@H](CCCCN)n3cc(C(N)[C@H](C)CC)nn3)CC2)n1.Cl. The molecule has 2 amide bonds. The summed E-state index contributed by atoms with van der Waals surface area (Å²) in [7, 11) is 0. The zero-order valence-corrected chi connectivity index (χ0v) is 43.3. The number of nitrogens with one attached hydrogen (secondary N) is 1. The van der Waals surface area contributed by atoms with Crippen molar-refractivity contribution >= 4 is 48.0 Å². The quantitative estimate of drug-likeness (QED) is 0.0317. The Morgan fingerprint density at radius 3 is 1.86 bits per heavy atom. The number of terminal acetylenes is 1. The number of phenolic OH excluding ortho intramolecular Hbond substituents is 1. The van der Waals surface area contributed by atoms with Gasteiger partial charge < -0.3 is 66.5 Å². The number of halogens is 1. The molecule has 2 fully saturated rings. The standard InChI is InChI=1S/C48H73N17O8.ClH/c1-4-25-71-27-29-73-30-28-72-26-16-52-46-53-47(62-21-17-60(18-22-62)44(69)40(8-6-7-15-49)65-33-39(57-59-65)43(51)34(3)5-2)55-48(54-46)63-23-19-61(20-24-63)45(70)41(13-14-42(67)68)64-32-38(56-58-64)37(50)31-35-9-11-36(66)12-10-35;/h1,9-12,32-34,37,40-41,43,66H,5-8,13-31,49-51H2,2-3H3,(H,67,68)(H,52,53,54,55);1H/t34-,37?,40+,41+,43?;/m1./s1. The molecule has 0 bridgehead atoms. The molecule has 25 nitrogen and oxygen atoms in total. The number of carbonyl (C=O) groups excluding carboxylic acids is 2. The summed E-state index contributed by atoms with van der Waals surface area (Å²) in [5.74, 6) is 2.53. The highest BCUT2D eigenvalue weighted by atomic mass is 35.5. The lowest BCUT2D eigenvalue weighted by atomic mass is 9.98. The van der Waals surface area contributed by atoms with Crippen LogP contribution in [0.25, 0.3) is 0 Å². The van der Waals surface area contributed by atoms with Gasteiger partial charge in [0.15, 0.2) is 0 Å². The number of carboxylic acid groups (broad SMARTS) is 1. The van der Waals surface area contributed by atoms with Gasteiger partial charge in [-0.25, -0.2) is 9.36 Å². The largest absolute Gasteiger partial charge is 0.508 e. The van der Waals surface area contributed by atoms with Crippen LogP contribution in [0.5, 0.6) is 5.75 Å². The number of aromatic nitrogens is 9. The summed E-state index contributed by atoms with van der Waals surface area (Å²) in [5, 5.41) is 39.8. The first kappa shape index (κ1) is 58.6. The number of aromatic hydroxyl groups is 1. The Labute approximate surface area is 438 Å². The zero-order valence-electron chi connectivity index (χ0n) is 42.5. The molecule has 9 N–H and O–H groups in total. The molecule has 2 aliphatic rings. The van der Waals surface area contributed by atoms with Crippen molar-refractivity contribution in [3.05, 3.63) is 53.6 Å². The summed E-state index contributed by atoms with van der Waals surface area (Å²) in [5.41, 5.74) is 20.8. The Hall–Kier alpha value is -6.27. The Kier molecular flexibility index (Phi) is 23.9. The molecule has 3 aromatic heterocycles. The van der Waals surface area contributed by atoms with Gasteiger partial charge in [-0.05, 0) is 62.3 Å². The molecule has 74 heavy (non-hydrogen) atoms. The summed E-state index contributed by atoms with van der Waals surface area (Å²) >= 11 is 0. The molecule has 4 aromatic rings. The van der Waals surface area contributed by atoms with E-state index in [2.05, 4.69) is 45.7 Å². The summed E-state index contributed by atoms with van der Waals surface area (Å²) in [4.78, 5) is 62.3. The number of ether oxygens (including phenoxy) is 3. The van der Waals surface area contributed by atoms with Crippen LogP contribution in [0.15, 0.2) is 36.7 Å². The van der Waals surface area contributed by atoms with E-state index < -0.39 is 24.1 Å². The molecule has 5 heterocycles. The third kappa shape index (κ3) is 17.1. The fourth-order valence-corrected chi connectivity index (χ4v) is 8.42. The van der Waals surface area contributed by atoms with E-state index in [-0.39, 0.29) is 61.4 Å². The molecule has 406 valence electrons. The number of piperazine rings is 2. The second kappa shape index (κ2) is 30.2. The molecular weight excluding hydrogens is 978 g/mol. The summed E-state index contributed by atoms with van der Waals surface area (Å²) in [6, 6.07) is 4.34. The van der Waals surface area contributed by atoms with Gasteiger partial charge in [-0.1, -0.05) is 48.7 Å². The van der Waals surface area contributed by atoms with Gasteiger partial charge in [0.25, 0.3) is 0 Å². The number of amides is 2. The second-order valence-corrected chi connectivity index (χ2v) is 18.2. The normalized spacial score (nSPS) is 15.9. The van der Waals surface area contributed by atoms with Gasteiger partial charge in [-0.3, -0.25) is 14.4 Å². The third-order valence-electron chi connectivity index (χ3n) is 13.0. The van der Waals surface area contributed by atoms with Gasteiger partial charge in [0.1, 0.15) is 24.4 Å². The second-order valence-electron chi connectivity index (χ2n) is 18.2.